The molecule has 0 saturated carbocycles. The minimum Gasteiger partial charge on any atom is -0.497 e. The molecule has 0 aromatic heterocycles. The molecule has 0 heterocycles. The average molecular weight is 540 g/mol. The summed E-state index contributed by atoms with van der Waals surface area (Å²) in [7, 11) is 1.58. The molecule has 3 amide bonds. The first-order chi connectivity index (χ1) is 18.3. The van der Waals surface area contributed by atoms with E-state index in [4.69, 9.17) is 9.47 Å². The van der Waals surface area contributed by atoms with E-state index in [0.717, 1.165) is 12.0 Å². The van der Waals surface area contributed by atoms with Gasteiger partial charge in [0.15, 0.2) is 0 Å². The van der Waals surface area contributed by atoms with Crippen LogP contribution in [0.1, 0.15) is 79.0 Å². The van der Waals surface area contributed by atoms with E-state index in [0.29, 0.717) is 23.4 Å². The van der Waals surface area contributed by atoms with Gasteiger partial charge in [0.25, 0.3) is 5.91 Å². The van der Waals surface area contributed by atoms with Crippen LogP contribution in [0.25, 0.3) is 0 Å². The molecule has 2 aromatic carbocycles. The number of amides is 3. The van der Waals surface area contributed by atoms with E-state index < -0.39 is 23.8 Å². The molecular formula is C31H45N3O5. The van der Waals surface area contributed by atoms with E-state index in [1.54, 1.807) is 57.0 Å². The Morgan fingerprint density at radius 2 is 1.51 bits per heavy atom. The first kappa shape index (κ1) is 31.7. The van der Waals surface area contributed by atoms with Crippen LogP contribution in [-0.2, 0) is 20.7 Å². The van der Waals surface area contributed by atoms with Gasteiger partial charge in [0.05, 0.1) is 7.11 Å². The highest BCUT2D eigenvalue weighted by molar-refractivity contribution is 5.99. The second-order valence-electron chi connectivity index (χ2n) is 11.1. The largest absolute Gasteiger partial charge is 0.497 e. The Hall–Kier alpha value is -3.55. The summed E-state index contributed by atoms with van der Waals surface area (Å²) in [4.78, 5) is 42.4. The Kier molecular flexibility index (Phi) is 11.4. The Morgan fingerprint density at radius 1 is 0.923 bits per heavy atom. The number of aryl methyl sites for hydroxylation is 1. The van der Waals surface area contributed by atoms with Gasteiger partial charge in [-0.15, -0.1) is 0 Å². The van der Waals surface area contributed by atoms with E-state index in [2.05, 4.69) is 17.6 Å². The number of hydrogen-bond donors (Lipinski definition) is 2. The first-order valence-electron chi connectivity index (χ1n) is 13.7. The zero-order chi connectivity index (χ0) is 29.3. The molecule has 39 heavy (non-hydrogen) atoms. The molecule has 0 spiro atoms. The summed E-state index contributed by atoms with van der Waals surface area (Å²) in [5.41, 5.74) is 1.67. The van der Waals surface area contributed by atoms with Crippen LogP contribution in [0.3, 0.4) is 0 Å². The highest BCUT2D eigenvalue weighted by Gasteiger charge is 2.39. The number of rotatable bonds is 11. The zero-order valence-electron chi connectivity index (χ0n) is 24.8. The Morgan fingerprint density at radius 3 is 1.97 bits per heavy atom. The third kappa shape index (κ3) is 9.01. The third-order valence-corrected chi connectivity index (χ3v) is 6.55. The van der Waals surface area contributed by atoms with Crippen LogP contribution in [0.15, 0.2) is 48.5 Å². The summed E-state index contributed by atoms with van der Waals surface area (Å²) in [6, 6.07) is 12.6. The van der Waals surface area contributed by atoms with Crippen LogP contribution in [0.5, 0.6) is 5.75 Å². The van der Waals surface area contributed by atoms with E-state index in [-0.39, 0.29) is 23.8 Å². The number of hydrogen-bond acceptors (Lipinski definition) is 5. The Labute approximate surface area is 233 Å². The molecule has 0 bridgehead atoms. The molecule has 8 heteroatoms. The molecule has 0 radical (unpaired) electrons. The van der Waals surface area contributed by atoms with Crippen molar-refractivity contribution in [2.45, 2.75) is 92.0 Å². The Bertz CT molecular complexity index is 1090. The van der Waals surface area contributed by atoms with Crippen LogP contribution < -0.4 is 15.4 Å². The van der Waals surface area contributed by atoms with Gasteiger partial charge in [0.1, 0.15) is 23.4 Å². The second kappa shape index (κ2) is 14.0. The summed E-state index contributed by atoms with van der Waals surface area (Å²) in [6.07, 6.45) is 0.828. The lowest BCUT2D eigenvalue weighted by molar-refractivity contribution is -0.144. The number of carbonyl (C=O) groups is 3. The molecule has 2 rings (SSSR count). The standard InChI is InChI=1S/C31H45N3O5/c1-10-21(5)26(33-30(37)39-31(6,7)8)29(36)34(20(3)4)27(23-14-12-22(11-2)13-15-23)28(35)32-24-16-18-25(38-9)19-17-24/h12-21,26-27H,10-11H2,1-9H3,(H,32,35)(H,33,37). The molecule has 0 aliphatic carbocycles. The van der Waals surface area contributed by atoms with Crippen LogP contribution in [0.4, 0.5) is 10.5 Å². The lowest BCUT2D eigenvalue weighted by Crippen LogP contribution is -2.56. The molecule has 0 aliphatic rings. The number of nitrogens with one attached hydrogen (secondary N) is 2. The molecule has 0 fully saturated rings. The number of carbonyl (C=O) groups excluding carboxylic acids is 3. The van der Waals surface area contributed by atoms with Gasteiger partial charge in [0, 0.05) is 11.7 Å². The topological polar surface area (TPSA) is 97.0 Å². The smallest absolute Gasteiger partial charge is 0.408 e. The van der Waals surface area contributed by atoms with Gasteiger partial charge in [0.2, 0.25) is 5.91 Å². The van der Waals surface area contributed by atoms with Crippen molar-refractivity contribution in [3.63, 3.8) is 0 Å². The number of alkyl carbamates (subject to hydrolysis) is 1. The van der Waals surface area contributed by atoms with Crippen molar-refractivity contribution in [1.29, 1.82) is 0 Å². The summed E-state index contributed by atoms with van der Waals surface area (Å²) < 4.78 is 10.7. The van der Waals surface area contributed by atoms with Crippen LogP contribution in [0, 0.1) is 5.92 Å². The van der Waals surface area contributed by atoms with Gasteiger partial charge in [-0.1, -0.05) is 51.5 Å². The third-order valence-electron chi connectivity index (χ3n) is 6.55. The average Bonchev–Trinajstić information content (AvgIpc) is 2.88. The zero-order valence-corrected chi connectivity index (χ0v) is 24.8. The van der Waals surface area contributed by atoms with E-state index >= 15 is 0 Å². The quantitative estimate of drug-likeness (QED) is 0.359. The van der Waals surface area contributed by atoms with Crippen molar-refractivity contribution < 1.29 is 23.9 Å². The van der Waals surface area contributed by atoms with E-state index in [1.165, 1.54) is 0 Å². The minimum absolute atomic E-state index is 0.195. The molecule has 0 aliphatic heterocycles. The molecule has 3 unspecified atom stereocenters. The molecule has 3 atom stereocenters. The fourth-order valence-electron chi connectivity index (χ4n) is 4.22. The van der Waals surface area contributed by atoms with Crippen molar-refractivity contribution in [1.82, 2.24) is 10.2 Å². The predicted octanol–water partition coefficient (Wildman–Crippen LogP) is 6.11. The maximum Gasteiger partial charge on any atom is 0.408 e. The highest BCUT2D eigenvalue weighted by atomic mass is 16.6. The van der Waals surface area contributed by atoms with Gasteiger partial charge >= 0.3 is 6.09 Å². The van der Waals surface area contributed by atoms with Gasteiger partial charge < -0.3 is 25.0 Å². The molecule has 214 valence electrons. The highest BCUT2D eigenvalue weighted by Crippen LogP contribution is 2.29. The lowest BCUT2D eigenvalue weighted by Gasteiger charge is -2.38. The summed E-state index contributed by atoms with van der Waals surface area (Å²) in [5, 5.41) is 5.75. The van der Waals surface area contributed by atoms with Gasteiger partial charge in [-0.05, 0) is 82.3 Å². The van der Waals surface area contributed by atoms with Crippen molar-refractivity contribution in [2.75, 3.05) is 12.4 Å². The van der Waals surface area contributed by atoms with Crippen molar-refractivity contribution >= 4 is 23.6 Å². The van der Waals surface area contributed by atoms with E-state index in [9.17, 15) is 14.4 Å². The molecule has 2 aromatic rings. The van der Waals surface area contributed by atoms with Crippen LogP contribution >= 0.6 is 0 Å². The molecule has 0 saturated heterocycles. The summed E-state index contributed by atoms with van der Waals surface area (Å²) >= 11 is 0. The minimum atomic E-state index is -0.933. The van der Waals surface area contributed by atoms with E-state index in [1.807, 2.05) is 52.0 Å². The van der Waals surface area contributed by atoms with Crippen LogP contribution in [0.2, 0.25) is 0 Å². The fourth-order valence-corrected chi connectivity index (χ4v) is 4.22. The Balaban J connectivity index is 2.53. The lowest BCUT2D eigenvalue weighted by atomic mass is 9.94. The number of methoxy groups -OCH3 is 1. The number of anilines is 1. The second-order valence-corrected chi connectivity index (χ2v) is 11.1. The monoisotopic (exact) mass is 539 g/mol. The molecular weight excluding hydrogens is 494 g/mol. The van der Waals surface area contributed by atoms with Crippen molar-refractivity contribution in [3.8, 4) is 5.75 Å². The molecule has 8 nitrogen and oxygen atoms in total. The van der Waals surface area contributed by atoms with Crippen molar-refractivity contribution in [3.05, 3.63) is 59.7 Å². The van der Waals surface area contributed by atoms with Gasteiger partial charge in [-0.3, -0.25) is 9.59 Å². The molecule has 2 N–H and O–H groups in total. The maximum atomic E-state index is 14.2. The van der Waals surface area contributed by atoms with Crippen molar-refractivity contribution in [2.24, 2.45) is 5.92 Å². The normalized spacial score (nSPS) is 13.7. The number of ether oxygens (including phenoxy) is 2. The SMILES string of the molecule is CCc1ccc(C(C(=O)Nc2ccc(OC)cc2)N(C(=O)C(NC(=O)OC(C)(C)C)C(C)CC)C(C)C)cc1. The maximum absolute atomic E-state index is 14.2. The summed E-state index contributed by atoms with van der Waals surface area (Å²) in [5.74, 6) is -0.228. The first-order valence-corrected chi connectivity index (χ1v) is 13.7. The number of benzene rings is 2. The predicted molar refractivity (Wildman–Crippen MR) is 155 cm³/mol. The van der Waals surface area contributed by atoms with Gasteiger partial charge in [-0.25, -0.2) is 4.79 Å². The summed E-state index contributed by atoms with van der Waals surface area (Å²) in [6.45, 7) is 15.0. The fraction of sp³-hybridized carbons (Fsp3) is 0.516. The van der Waals surface area contributed by atoms with Gasteiger partial charge in [-0.2, -0.15) is 0 Å². The number of nitrogens with zero attached hydrogens (tertiary/aromatic N) is 1. The van der Waals surface area contributed by atoms with Crippen LogP contribution in [-0.4, -0.2) is 47.6 Å².